The molecule has 0 bridgehead atoms. The maximum Gasteiger partial charge on any atom is 0.251 e. The van der Waals surface area contributed by atoms with E-state index in [0.29, 0.717) is 12.1 Å². The minimum absolute atomic E-state index is 0.0270. The highest BCUT2D eigenvalue weighted by atomic mass is 16.1. The normalized spacial score (nSPS) is 15.0. The van der Waals surface area contributed by atoms with Gasteiger partial charge in [0.25, 0.3) is 5.91 Å². The predicted octanol–water partition coefficient (Wildman–Crippen LogP) is 3.10. The molecule has 1 aliphatic carbocycles. The Labute approximate surface area is 152 Å². The van der Waals surface area contributed by atoms with Crippen molar-refractivity contribution in [1.82, 2.24) is 25.3 Å². The molecule has 1 saturated carbocycles. The first-order valence-electron chi connectivity index (χ1n) is 8.94. The van der Waals surface area contributed by atoms with Crippen LogP contribution in [0.4, 0.5) is 0 Å². The maximum atomic E-state index is 12.5. The Hall–Kier alpha value is -2.89. The van der Waals surface area contributed by atoms with Gasteiger partial charge in [-0.2, -0.15) is 10.2 Å². The van der Waals surface area contributed by atoms with Crippen molar-refractivity contribution in [3.8, 4) is 11.3 Å². The van der Waals surface area contributed by atoms with Crippen molar-refractivity contribution in [3.05, 3.63) is 59.5 Å². The summed E-state index contributed by atoms with van der Waals surface area (Å²) in [5.74, 6) is -0.0270. The molecule has 0 aliphatic heterocycles. The van der Waals surface area contributed by atoms with Crippen LogP contribution in [-0.2, 0) is 6.54 Å². The molecule has 0 saturated heterocycles. The third kappa shape index (κ3) is 3.40. The minimum Gasteiger partial charge on any atom is -0.351 e. The summed E-state index contributed by atoms with van der Waals surface area (Å²) in [7, 11) is 0. The molecular formula is C20H23N5O. The second-order valence-electron chi connectivity index (χ2n) is 7.32. The summed E-state index contributed by atoms with van der Waals surface area (Å²) in [6.07, 6.45) is 3.97. The van der Waals surface area contributed by atoms with Crippen LogP contribution in [0.2, 0.25) is 0 Å². The predicted molar refractivity (Wildman–Crippen MR) is 99.7 cm³/mol. The van der Waals surface area contributed by atoms with Crippen LogP contribution in [0.25, 0.3) is 11.3 Å². The Morgan fingerprint density at radius 1 is 1.23 bits per heavy atom. The summed E-state index contributed by atoms with van der Waals surface area (Å²) >= 11 is 0. The molecule has 1 aromatic carbocycles. The van der Waals surface area contributed by atoms with Gasteiger partial charge in [0.1, 0.15) is 0 Å². The number of aryl methyl sites for hydroxylation is 2. The van der Waals surface area contributed by atoms with Crippen LogP contribution in [0.1, 0.15) is 34.6 Å². The number of aromatic nitrogens is 4. The van der Waals surface area contributed by atoms with E-state index >= 15 is 0 Å². The summed E-state index contributed by atoms with van der Waals surface area (Å²) < 4.78 is 2.06. The molecule has 0 spiro atoms. The number of rotatable bonds is 6. The first kappa shape index (κ1) is 16.6. The van der Waals surface area contributed by atoms with Gasteiger partial charge in [0.05, 0.1) is 11.4 Å². The molecule has 2 heterocycles. The number of carbonyl (C=O) groups excluding carboxylic acids is 1. The van der Waals surface area contributed by atoms with E-state index in [1.165, 1.54) is 5.69 Å². The molecule has 0 radical (unpaired) electrons. The molecule has 26 heavy (non-hydrogen) atoms. The third-order valence-electron chi connectivity index (χ3n) is 5.13. The highest BCUT2D eigenvalue weighted by Crippen LogP contribution is 2.46. The summed E-state index contributed by atoms with van der Waals surface area (Å²) in [4.78, 5) is 12.5. The smallest absolute Gasteiger partial charge is 0.251 e. The van der Waals surface area contributed by atoms with Crippen LogP contribution < -0.4 is 5.32 Å². The van der Waals surface area contributed by atoms with Gasteiger partial charge in [0.2, 0.25) is 0 Å². The lowest BCUT2D eigenvalue weighted by Crippen LogP contribution is -2.32. The first-order valence-corrected chi connectivity index (χ1v) is 8.94. The number of hydrogen-bond donors (Lipinski definition) is 2. The largest absolute Gasteiger partial charge is 0.351 e. The van der Waals surface area contributed by atoms with Gasteiger partial charge < -0.3 is 5.32 Å². The Morgan fingerprint density at radius 2 is 2.00 bits per heavy atom. The molecule has 0 atom stereocenters. The average Bonchev–Trinajstić information content (AvgIpc) is 3.03. The molecule has 2 N–H and O–H groups in total. The van der Waals surface area contributed by atoms with E-state index in [0.717, 1.165) is 36.3 Å². The van der Waals surface area contributed by atoms with Crippen molar-refractivity contribution in [1.29, 1.82) is 0 Å². The Kier molecular flexibility index (Phi) is 4.11. The Bertz CT molecular complexity index is 904. The number of aromatic amines is 1. The lowest BCUT2D eigenvalue weighted by molar-refractivity contribution is 0.0942. The van der Waals surface area contributed by atoms with Crippen LogP contribution in [0.3, 0.4) is 0 Å². The first-order chi connectivity index (χ1) is 12.5. The fourth-order valence-electron chi connectivity index (χ4n) is 3.31. The van der Waals surface area contributed by atoms with Crippen molar-refractivity contribution < 1.29 is 4.79 Å². The van der Waals surface area contributed by atoms with Crippen LogP contribution >= 0.6 is 0 Å². The standard InChI is InChI=1S/C20H23N5O/c1-14-11-15(2)25(24-14)13-20(8-9-20)12-21-19(26)17-5-3-16(4-6-17)18-7-10-22-23-18/h3-7,10-11H,8-9,12-13H2,1-2H3,(H,21,26)(H,22,23). The monoisotopic (exact) mass is 349 g/mol. The Morgan fingerprint density at radius 3 is 2.58 bits per heavy atom. The van der Waals surface area contributed by atoms with Gasteiger partial charge in [-0.3, -0.25) is 14.6 Å². The summed E-state index contributed by atoms with van der Waals surface area (Å²) in [6.45, 7) is 5.64. The molecule has 3 aromatic rings. The molecule has 2 aromatic heterocycles. The second kappa shape index (κ2) is 6.44. The van der Waals surface area contributed by atoms with Crippen molar-refractivity contribution in [2.24, 2.45) is 5.41 Å². The van der Waals surface area contributed by atoms with E-state index in [2.05, 4.69) is 38.3 Å². The molecular weight excluding hydrogens is 326 g/mol. The highest BCUT2D eigenvalue weighted by Gasteiger charge is 2.43. The van der Waals surface area contributed by atoms with Gasteiger partial charge in [0, 0.05) is 36.0 Å². The van der Waals surface area contributed by atoms with Crippen molar-refractivity contribution >= 4 is 5.91 Å². The minimum atomic E-state index is -0.0270. The topological polar surface area (TPSA) is 75.6 Å². The zero-order valence-electron chi connectivity index (χ0n) is 15.1. The molecule has 1 amide bonds. The van der Waals surface area contributed by atoms with E-state index in [4.69, 9.17) is 0 Å². The summed E-state index contributed by atoms with van der Waals surface area (Å²) in [5, 5.41) is 14.5. The molecule has 6 heteroatoms. The van der Waals surface area contributed by atoms with Gasteiger partial charge in [-0.1, -0.05) is 12.1 Å². The lowest BCUT2D eigenvalue weighted by atomic mass is 10.1. The molecule has 1 fully saturated rings. The average molecular weight is 349 g/mol. The van der Waals surface area contributed by atoms with E-state index in [1.807, 2.05) is 37.3 Å². The van der Waals surface area contributed by atoms with Gasteiger partial charge in [-0.15, -0.1) is 0 Å². The number of carbonyl (C=O) groups is 1. The fraction of sp³-hybridized carbons (Fsp3) is 0.350. The third-order valence-corrected chi connectivity index (χ3v) is 5.13. The van der Waals surface area contributed by atoms with Crippen LogP contribution in [-0.4, -0.2) is 32.4 Å². The van der Waals surface area contributed by atoms with Gasteiger partial charge in [-0.25, -0.2) is 0 Å². The number of benzene rings is 1. The van der Waals surface area contributed by atoms with Crippen molar-refractivity contribution in [2.75, 3.05) is 6.54 Å². The zero-order valence-corrected chi connectivity index (χ0v) is 15.1. The summed E-state index contributed by atoms with van der Waals surface area (Å²) in [5.41, 5.74) is 5.00. The molecule has 4 rings (SSSR count). The van der Waals surface area contributed by atoms with E-state index in [1.54, 1.807) is 6.20 Å². The quantitative estimate of drug-likeness (QED) is 0.718. The number of H-pyrrole nitrogens is 1. The van der Waals surface area contributed by atoms with Crippen molar-refractivity contribution in [2.45, 2.75) is 33.2 Å². The number of nitrogens with one attached hydrogen (secondary N) is 2. The fourth-order valence-corrected chi connectivity index (χ4v) is 3.31. The van der Waals surface area contributed by atoms with E-state index in [-0.39, 0.29) is 11.3 Å². The Balaban J connectivity index is 1.37. The van der Waals surface area contributed by atoms with Gasteiger partial charge in [-0.05, 0) is 56.5 Å². The van der Waals surface area contributed by atoms with Crippen LogP contribution in [0.15, 0.2) is 42.6 Å². The molecule has 1 aliphatic rings. The highest BCUT2D eigenvalue weighted by molar-refractivity contribution is 5.94. The van der Waals surface area contributed by atoms with E-state index in [9.17, 15) is 4.79 Å². The van der Waals surface area contributed by atoms with Crippen molar-refractivity contribution in [3.63, 3.8) is 0 Å². The van der Waals surface area contributed by atoms with Gasteiger partial charge in [0.15, 0.2) is 0 Å². The van der Waals surface area contributed by atoms with Gasteiger partial charge >= 0.3 is 0 Å². The zero-order chi connectivity index (χ0) is 18.1. The molecule has 134 valence electrons. The molecule has 6 nitrogen and oxygen atoms in total. The molecule has 0 unspecified atom stereocenters. The van der Waals surface area contributed by atoms with Crippen LogP contribution in [0, 0.1) is 19.3 Å². The second-order valence-corrected chi connectivity index (χ2v) is 7.32. The number of hydrogen-bond acceptors (Lipinski definition) is 3. The number of amides is 1. The summed E-state index contributed by atoms with van der Waals surface area (Å²) in [6, 6.07) is 11.6. The van der Waals surface area contributed by atoms with Crippen LogP contribution in [0.5, 0.6) is 0 Å². The lowest BCUT2D eigenvalue weighted by Gasteiger charge is -2.17. The number of nitrogens with zero attached hydrogens (tertiary/aromatic N) is 3. The van der Waals surface area contributed by atoms with E-state index < -0.39 is 0 Å². The SMILES string of the molecule is Cc1cc(C)n(CC2(CNC(=O)c3ccc(-c4ccn[nH]4)cc3)CC2)n1. The maximum absolute atomic E-state index is 12.5.